The van der Waals surface area contributed by atoms with Gasteiger partial charge in [0.05, 0.1) is 0 Å². The van der Waals surface area contributed by atoms with Crippen LogP contribution in [-0.2, 0) is 22.4 Å². The molecule has 4 rings (SSSR count). The van der Waals surface area contributed by atoms with Gasteiger partial charge in [0, 0.05) is 61.8 Å². The third-order valence-electron chi connectivity index (χ3n) is 9.40. The number of carbonyl (C=O) groups excluding carboxylic acids is 4. The molecule has 4 aromatic rings. The molecule has 0 unspecified atom stereocenters. The Bertz CT molecular complexity index is 1530. The van der Waals surface area contributed by atoms with Crippen LogP contribution >= 0.6 is 0 Å². The molecule has 0 fully saturated rings. The average Bonchev–Trinajstić information content (AvgIpc) is 3.21. The molecule has 0 saturated heterocycles. The molecule has 286 valence electrons. The zero-order chi connectivity index (χ0) is 38.1. The van der Waals surface area contributed by atoms with Crippen molar-refractivity contribution < 1.29 is 19.2 Å². The molecule has 0 bridgehead atoms. The first kappa shape index (κ1) is 41.4. The van der Waals surface area contributed by atoms with E-state index in [1.54, 1.807) is 49.1 Å². The Hall–Kier alpha value is -5.38. The lowest BCUT2D eigenvalue weighted by molar-refractivity contribution is -0.123. The molecule has 0 aliphatic carbocycles. The molecule has 2 heterocycles. The molecule has 0 aliphatic heterocycles. The summed E-state index contributed by atoms with van der Waals surface area (Å²) in [6.07, 6.45) is 20.7. The van der Waals surface area contributed by atoms with Crippen LogP contribution in [0.4, 0.5) is 0 Å². The van der Waals surface area contributed by atoms with E-state index >= 15 is 0 Å². The van der Waals surface area contributed by atoms with Gasteiger partial charge in [-0.15, -0.1) is 0 Å². The Balaban J connectivity index is 1.00. The van der Waals surface area contributed by atoms with Gasteiger partial charge in [0.1, 0.15) is 12.1 Å². The predicted molar refractivity (Wildman–Crippen MR) is 213 cm³/mol. The summed E-state index contributed by atoms with van der Waals surface area (Å²) in [6, 6.07) is 24.7. The number of benzene rings is 2. The first-order valence-electron chi connectivity index (χ1n) is 19.5. The highest BCUT2D eigenvalue weighted by Crippen LogP contribution is 2.13. The molecule has 4 N–H and O–H groups in total. The van der Waals surface area contributed by atoms with Gasteiger partial charge in [0.15, 0.2) is 0 Å². The minimum Gasteiger partial charge on any atom is -0.354 e. The zero-order valence-corrected chi connectivity index (χ0v) is 31.4. The number of rotatable bonds is 25. The highest BCUT2D eigenvalue weighted by Gasteiger charge is 2.23. The molecule has 0 spiro atoms. The van der Waals surface area contributed by atoms with Crippen molar-refractivity contribution in [1.82, 2.24) is 31.2 Å². The SMILES string of the molecule is O=C(N[C@@H](Cc1ccccc1)C(=O)NCCCCCCCCCCCCCCNC(=O)[C@H](Cc1ccccc1)NC(=O)c1ccncc1)c1ccncc1. The van der Waals surface area contributed by atoms with E-state index in [9.17, 15) is 19.2 Å². The van der Waals surface area contributed by atoms with Gasteiger partial charge in [0.25, 0.3) is 11.8 Å². The Morgan fingerprint density at radius 3 is 1.07 bits per heavy atom. The molecule has 10 nitrogen and oxygen atoms in total. The van der Waals surface area contributed by atoms with Crippen LogP contribution in [0.5, 0.6) is 0 Å². The topological polar surface area (TPSA) is 142 Å². The van der Waals surface area contributed by atoms with Gasteiger partial charge in [-0.25, -0.2) is 0 Å². The molecule has 0 saturated carbocycles. The van der Waals surface area contributed by atoms with Crippen molar-refractivity contribution >= 4 is 23.6 Å². The summed E-state index contributed by atoms with van der Waals surface area (Å²) in [4.78, 5) is 59.6. The van der Waals surface area contributed by atoms with E-state index in [0.29, 0.717) is 37.1 Å². The van der Waals surface area contributed by atoms with Crippen molar-refractivity contribution in [1.29, 1.82) is 0 Å². The van der Waals surface area contributed by atoms with Gasteiger partial charge >= 0.3 is 0 Å². The number of hydrogen-bond acceptors (Lipinski definition) is 6. The van der Waals surface area contributed by atoms with E-state index in [1.807, 2.05) is 60.7 Å². The molecule has 4 amide bonds. The van der Waals surface area contributed by atoms with Gasteiger partial charge in [-0.2, -0.15) is 0 Å². The highest BCUT2D eigenvalue weighted by atomic mass is 16.2. The quantitative estimate of drug-likeness (QED) is 0.0555. The van der Waals surface area contributed by atoms with Crippen molar-refractivity contribution in [2.24, 2.45) is 0 Å². The van der Waals surface area contributed by atoms with Gasteiger partial charge in [-0.1, -0.05) is 125 Å². The van der Waals surface area contributed by atoms with Crippen LogP contribution in [0.25, 0.3) is 0 Å². The minimum atomic E-state index is -0.656. The lowest BCUT2D eigenvalue weighted by Crippen LogP contribution is -2.48. The maximum absolute atomic E-state index is 13.1. The third kappa shape index (κ3) is 16.1. The molecule has 2 aromatic heterocycles. The first-order valence-corrected chi connectivity index (χ1v) is 19.5. The maximum Gasteiger partial charge on any atom is 0.252 e. The molecular formula is C44H56N6O4. The molecule has 2 aromatic carbocycles. The van der Waals surface area contributed by atoms with Crippen LogP contribution in [-0.4, -0.2) is 58.8 Å². The molecule has 0 aliphatic rings. The standard InChI is InChI=1S/C44H56N6O4/c51-41(37-23-29-45-30-24-37)49-39(33-35-19-13-11-14-20-35)43(53)47-27-17-9-7-5-3-1-2-4-6-8-10-18-28-48-44(54)40(34-36-21-15-12-16-22-36)50-42(52)38-25-31-46-32-26-38/h11-16,19-26,29-32,39-40H,1-10,17-18,27-28,33-34H2,(H,47,53)(H,48,54)(H,49,51)(H,50,52)/t39-,40-/m0/s1. The van der Waals surface area contributed by atoms with Crippen LogP contribution < -0.4 is 21.3 Å². The Labute approximate surface area is 320 Å². The molecular weight excluding hydrogens is 677 g/mol. The summed E-state index contributed by atoms with van der Waals surface area (Å²) in [7, 11) is 0. The minimum absolute atomic E-state index is 0.165. The number of nitrogens with one attached hydrogen (secondary N) is 4. The van der Waals surface area contributed by atoms with Crippen LogP contribution in [0.3, 0.4) is 0 Å². The van der Waals surface area contributed by atoms with E-state index in [2.05, 4.69) is 31.2 Å². The molecule has 10 heteroatoms. The number of nitrogens with zero attached hydrogens (tertiary/aromatic N) is 2. The summed E-state index contributed by atoms with van der Waals surface area (Å²) in [6.45, 7) is 1.19. The van der Waals surface area contributed by atoms with E-state index in [4.69, 9.17) is 0 Å². The Morgan fingerprint density at radius 1 is 0.426 bits per heavy atom. The number of unbranched alkanes of at least 4 members (excludes halogenated alkanes) is 11. The molecule has 0 radical (unpaired) electrons. The summed E-state index contributed by atoms with van der Waals surface area (Å²) in [5, 5.41) is 11.9. The maximum atomic E-state index is 13.1. The van der Waals surface area contributed by atoms with Crippen molar-refractivity contribution in [3.63, 3.8) is 0 Å². The smallest absolute Gasteiger partial charge is 0.252 e. The van der Waals surface area contributed by atoms with Crippen molar-refractivity contribution in [3.05, 3.63) is 132 Å². The second-order valence-electron chi connectivity index (χ2n) is 13.7. The van der Waals surface area contributed by atoms with Gasteiger partial charge < -0.3 is 21.3 Å². The number of carbonyl (C=O) groups is 4. The van der Waals surface area contributed by atoms with Crippen LogP contribution in [0.1, 0.15) is 109 Å². The number of aromatic nitrogens is 2. The fourth-order valence-corrected chi connectivity index (χ4v) is 6.30. The van der Waals surface area contributed by atoms with E-state index in [0.717, 1.165) is 49.7 Å². The number of pyridine rings is 2. The van der Waals surface area contributed by atoms with Crippen LogP contribution in [0, 0.1) is 0 Å². The summed E-state index contributed by atoms with van der Waals surface area (Å²) in [5.41, 5.74) is 2.93. The van der Waals surface area contributed by atoms with E-state index in [-0.39, 0.29) is 23.6 Å². The van der Waals surface area contributed by atoms with E-state index in [1.165, 1.54) is 38.5 Å². The third-order valence-corrected chi connectivity index (χ3v) is 9.40. The zero-order valence-electron chi connectivity index (χ0n) is 31.4. The monoisotopic (exact) mass is 732 g/mol. The summed E-state index contributed by atoms with van der Waals surface area (Å²) < 4.78 is 0. The molecule has 2 atom stereocenters. The number of hydrogen-bond donors (Lipinski definition) is 4. The Kier molecular flexibility index (Phi) is 19.0. The average molecular weight is 733 g/mol. The van der Waals surface area contributed by atoms with Crippen molar-refractivity contribution in [3.8, 4) is 0 Å². The van der Waals surface area contributed by atoms with Crippen molar-refractivity contribution in [2.75, 3.05) is 13.1 Å². The molecule has 54 heavy (non-hydrogen) atoms. The first-order chi connectivity index (χ1) is 26.5. The van der Waals surface area contributed by atoms with Gasteiger partial charge in [-0.05, 0) is 48.2 Å². The largest absolute Gasteiger partial charge is 0.354 e. The summed E-state index contributed by atoms with van der Waals surface area (Å²) >= 11 is 0. The fraction of sp³-hybridized carbons (Fsp3) is 0.409. The Morgan fingerprint density at radius 2 is 0.741 bits per heavy atom. The van der Waals surface area contributed by atoms with Crippen LogP contribution in [0.15, 0.2) is 110 Å². The normalized spacial score (nSPS) is 11.9. The second-order valence-corrected chi connectivity index (χ2v) is 13.7. The number of amides is 4. The van der Waals surface area contributed by atoms with E-state index < -0.39 is 12.1 Å². The second kappa shape index (κ2) is 24.8. The van der Waals surface area contributed by atoms with Crippen LogP contribution in [0.2, 0.25) is 0 Å². The van der Waals surface area contributed by atoms with Gasteiger partial charge in [0.2, 0.25) is 11.8 Å². The highest BCUT2D eigenvalue weighted by molar-refractivity contribution is 5.98. The lowest BCUT2D eigenvalue weighted by Gasteiger charge is -2.19. The lowest BCUT2D eigenvalue weighted by atomic mass is 10.0. The van der Waals surface area contributed by atoms with Gasteiger partial charge in [-0.3, -0.25) is 29.1 Å². The predicted octanol–water partition coefficient (Wildman–Crippen LogP) is 6.77. The fourth-order valence-electron chi connectivity index (χ4n) is 6.30. The van der Waals surface area contributed by atoms with Crippen molar-refractivity contribution in [2.45, 2.75) is 102 Å². The summed E-state index contributed by atoms with van der Waals surface area (Å²) in [5.74, 6) is -0.905.